The third-order valence-electron chi connectivity index (χ3n) is 6.08. The molecule has 11 nitrogen and oxygen atoms in total. The molecule has 2 aliphatic rings. The molecule has 0 radical (unpaired) electrons. The van der Waals surface area contributed by atoms with E-state index < -0.39 is 11.6 Å². The van der Waals surface area contributed by atoms with Gasteiger partial charge in [-0.3, -0.25) is 24.6 Å². The summed E-state index contributed by atoms with van der Waals surface area (Å²) in [5.74, 6) is -0.444. The molecule has 0 bridgehead atoms. The summed E-state index contributed by atoms with van der Waals surface area (Å²) in [6.07, 6.45) is 5.78. The molecule has 4 rings (SSSR count). The van der Waals surface area contributed by atoms with Crippen LogP contribution in [0.3, 0.4) is 0 Å². The highest BCUT2D eigenvalue weighted by Gasteiger charge is 2.50. The zero-order valence-electron chi connectivity index (χ0n) is 17.9. The zero-order valence-corrected chi connectivity index (χ0v) is 17.9. The maximum absolute atomic E-state index is 12.7. The van der Waals surface area contributed by atoms with Crippen LogP contribution in [-0.4, -0.2) is 84.7 Å². The van der Waals surface area contributed by atoms with Crippen LogP contribution >= 0.6 is 0 Å². The molecule has 2 aromatic rings. The fourth-order valence-corrected chi connectivity index (χ4v) is 4.34. The van der Waals surface area contributed by atoms with Crippen LogP contribution in [0.1, 0.15) is 42.2 Å². The Hall–Kier alpha value is -3.02. The Balaban J connectivity index is 0.000000913. The normalized spacial score (nSPS) is 24.9. The highest BCUT2D eigenvalue weighted by molar-refractivity contribution is 5.94. The third kappa shape index (κ3) is 5.61. The van der Waals surface area contributed by atoms with E-state index in [0.717, 1.165) is 38.2 Å². The van der Waals surface area contributed by atoms with E-state index in [4.69, 9.17) is 14.6 Å². The van der Waals surface area contributed by atoms with Gasteiger partial charge in [-0.25, -0.2) is 0 Å². The van der Waals surface area contributed by atoms with Crippen molar-refractivity contribution in [2.45, 2.75) is 50.0 Å². The van der Waals surface area contributed by atoms with Gasteiger partial charge in [0.2, 0.25) is 0 Å². The van der Waals surface area contributed by atoms with E-state index in [9.17, 15) is 15.0 Å². The minimum absolute atomic E-state index is 0.0727. The predicted octanol–water partition coefficient (Wildman–Crippen LogP) is 0.516. The number of H-pyrrole nitrogens is 1. The standard InChI is InChI=1S/C20H27N5O4.CH2O2/c1-19(23-18(28)14-8-16(26)10-21-9-14)13-20(29-12-17(19)27)3-6-25(7-4-20)11-15-2-5-22-24-15;2-1-3/h2,5,8-10,17,26-27H,3-4,6-7,11-13H2,1H3,(H,22,24)(H,23,28);1H,(H,2,3)/t17-,19-;/m0./s1. The van der Waals surface area contributed by atoms with Crippen LogP contribution in [0.15, 0.2) is 30.7 Å². The number of nitrogens with zero attached hydrogens (tertiary/aromatic N) is 3. The second-order valence-electron chi connectivity index (χ2n) is 8.45. The number of rotatable bonds is 4. The van der Waals surface area contributed by atoms with Crippen molar-refractivity contribution in [3.63, 3.8) is 0 Å². The van der Waals surface area contributed by atoms with Crippen molar-refractivity contribution in [2.75, 3.05) is 19.7 Å². The molecular formula is C21H29N5O6. The maximum Gasteiger partial charge on any atom is 0.290 e. The van der Waals surface area contributed by atoms with E-state index >= 15 is 0 Å². The summed E-state index contributed by atoms with van der Waals surface area (Å²) in [4.78, 5) is 27.2. The molecule has 0 unspecified atom stereocenters. The number of carbonyl (C=O) groups excluding carboxylic acids is 1. The van der Waals surface area contributed by atoms with Crippen LogP contribution in [0.4, 0.5) is 0 Å². The number of aromatic hydroxyl groups is 1. The number of piperidine rings is 1. The van der Waals surface area contributed by atoms with Gasteiger partial charge in [0.25, 0.3) is 12.4 Å². The molecule has 1 amide bonds. The van der Waals surface area contributed by atoms with Crippen molar-refractivity contribution < 1.29 is 29.6 Å². The Kier molecular flexibility index (Phi) is 7.44. The number of aromatic amines is 1. The van der Waals surface area contributed by atoms with Gasteiger partial charge in [-0.1, -0.05) is 0 Å². The Labute approximate surface area is 185 Å². The van der Waals surface area contributed by atoms with Gasteiger partial charge in [-0.05, 0) is 31.9 Å². The SMILES string of the molecule is C[C@]1(NC(=O)c2cncc(O)c2)CC2(CCN(Cc3ccn[nH]3)CC2)OC[C@@H]1O.O=CO. The number of carbonyl (C=O) groups is 2. The number of likely N-dealkylation sites (tertiary alicyclic amines) is 1. The smallest absolute Gasteiger partial charge is 0.290 e. The van der Waals surface area contributed by atoms with Gasteiger partial charge in [0, 0.05) is 44.1 Å². The monoisotopic (exact) mass is 447 g/mol. The number of hydrogen-bond acceptors (Lipinski definition) is 8. The molecule has 5 N–H and O–H groups in total. The molecule has 0 saturated carbocycles. The molecule has 2 aliphatic heterocycles. The van der Waals surface area contributed by atoms with Gasteiger partial charge in [-0.15, -0.1) is 0 Å². The minimum Gasteiger partial charge on any atom is -0.506 e. The number of hydrogen-bond donors (Lipinski definition) is 5. The summed E-state index contributed by atoms with van der Waals surface area (Å²) in [7, 11) is 0. The van der Waals surface area contributed by atoms with Crippen molar-refractivity contribution in [1.82, 2.24) is 25.4 Å². The number of pyridine rings is 1. The molecule has 2 saturated heterocycles. The highest BCUT2D eigenvalue weighted by atomic mass is 16.5. The van der Waals surface area contributed by atoms with Gasteiger partial charge >= 0.3 is 0 Å². The number of aliphatic hydroxyl groups is 1. The lowest BCUT2D eigenvalue weighted by Gasteiger charge is -2.52. The van der Waals surface area contributed by atoms with Gasteiger partial charge in [-0.2, -0.15) is 5.10 Å². The van der Waals surface area contributed by atoms with Crippen LogP contribution in [0, 0.1) is 0 Å². The van der Waals surface area contributed by atoms with E-state index in [0.29, 0.717) is 6.42 Å². The highest BCUT2D eigenvalue weighted by Crippen LogP contribution is 2.40. The van der Waals surface area contributed by atoms with Crippen LogP contribution in [0.2, 0.25) is 0 Å². The van der Waals surface area contributed by atoms with E-state index in [2.05, 4.69) is 25.4 Å². The van der Waals surface area contributed by atoms with Crippen molar-refractivity contribution in [3.05, 3.63) is 42.0 Å². The van der Waals surface area contributed by atoms with Gasteiger partial charge in [0.05, 0.1) is 29.5 Å². The van der Waals surface area contributed by atoms with E-state index in [1.165, 1.54) is 18.5 Å². The van der Waals surface area contributed by atoms with Crippen LogP contribution in [-0.2, 0) is 16.1 Å². The van der Waals surface area contributed by atoms with Crippen molar-refractivity contribution >= 4 is 12.4 Å². The van der Waals surface area contributed by atoms with E-state index in [-0.39, 0.29) is 35.9 Å². The lowest BCUT2D eigenvalue weighted by molar-refractivity contribution is -0.177. The number of aliphatic hydroxyl groups excluding tert-OH is 1. The maximum atomic E-state index is 12.7. The zero-order chi connectivity index (χ0) is 23.2. The first-order valence-electron chi connectivity index (χ1n) is 10.4. The topological polar surface area (TPSA) is 161 Å². The quantitative estimate of drug-likeness (QED) is 0.421. The molecule has 0 aliphatic carbocycles. The number of aromatic nitrogens is 3. The largest absolute Gasteiger partial charge is 0.506 e. The molecule has 2 atom stereocenters. The molecule has 1 spiro atoms. The minimum atomic E-state index is -0.827. The average molecular weight is 447 g/mol. The molecular weight excluding hydrogens is 418 g/mol. The summed E-state index contributed by atoms with van der Waals surface area (Å²) in [6.45, 7) is 4.34. The number of nitrogens with one attached hydrogen (secondary N) is 2. The average Bonchev–Trinajstić information content (AvgIpc) is 3.27. The molecule has 2 fully saturated rings. The fourth-order valence-electron chi connectivity index (χ4n) is 4.34. The second-order valence-corrected chi connectivity index (χ2v) is 8.45. The first-order valence-corrected chi connectivity index (χ1v) is 10.4. The first kappa shape index (κ1) is 23.6. The first-order chi connectivity index (χ1) is 15.3. The summed E-state index contributed by atoms with van der Waals surface area (Å²) in [6, 6.07) is 3.34. The van der Waals surface area contributed by atoms with Gasteiger partial charge < -0.3 is 25.4 Å². The lowest BCUT2D eigenvalue weighted by atomic mass is 9.74. The van der Waals surface area contributed by atoms with E-state index in [1.807, 2.05) is 13.0 Å². The Morgan fingerprint density at radius 3 is 2.75 bits per heavy atom. The summed E-state index contributed by atoms with van der Waals surface area (Å²) in [5.41, 5.74) is 0.140. The van der Waals surface area contributed by atoms with E-state index in [1.54, 1.807) is 6.20 Å². The van der Waals surface area contributed by atoms with Crippen molar-refractivity contribution in [2.24, 2.45) is 0 Å². The molecule has 174 valence electrons. The van der Waals surface area contributed by atoms with Crippen LogP contribution in [0.5, 0.6) is 5.75 Å². The Morgan fingerprint density at radius 1 is 1.41 bits per heavy atom. The predicted molar refractivity (Wildman–Crippen MR) is 113 cm³/mol. The molecule has 11 heteroatoms. The molecule has 2 aromatic heterocycles. The molecule has 0 aromatic carbocycles. The van der Waals surface area contributed by atoms with Crippen molar-refractivity contribution in [1.29, 1.82) is 0 Å². The van der Waals surface area contributed by atoms with Gasteiger partial charge in [0.15, 0.2) is 0 Å². The summed E-state index contributed by atoms with van der Waals surface area (Å²) >= 11 is 0. The lowest BCUT2D eigenvalue weighted by Crippen LogP contribution is -2.65. The van der Waals surface area contributed by atoms with Crippen LogP contribution < -0.4 is 5.32 Å². The third-order valence-corrected chi connectivity index (χ3v) is 6.08. The number of amides is 1. The van der Waals surface area contributed by atoms with Gasteiger partial charge in [0.1, 0.15) is 11.9 Å². The molecule has 4 heterocycles. The van der Waals surface area contributed by atoms with Crippen LogP contribution in [0.25, 0.3) is 0 Å². The summed E-state index contributed by atoms with van der Waals surface area (Å²) in [5, 5.41) is 37.0. The Morgan fingerprint density at radius 2 is 2.12 bits per heavy atom. The number of ether oxygens (including phenoxy) is 1. The van der Waals surface area contributed by atoms with Crippen molar-refractivity contribution in [3.8, 4) is 5.75 Å². The number of carboxylic acid groups (broad SMARTS) is 1. The fraction of sp³-hybridized carbons (Fsp3) is 0.524. The summed E-state index contributed by atoms with van der Waals surface area (Å²) < 4.78 is 6.10. The second kappa shape index (κ2) is 10.1. The molecule has 32 heavy (non-hydrogen) atoms. The Bertz CT molecular complexity index is 900.